The summed E-state index contributed by atoms with van der Waals surface area (Å²) < 4.78 is 12.1. The fraction of sp³-hybridized carbons (Fsp3) is 0.667. The molecule has 2 unspecified atom stereocenters. The first-order chi connectivity index (χ1) is 10.3. The van der Waals surface area contributed by atoms with E-state index in [1.807, 2.05) is 23.5 Å². The van der Waals surface area contributed by atoms with Gasteiger partial charge < -0.3 is 9.47 Å². The first-order valence-corrected chi connectivity index (χ1v) is 10.0. The van der Waals surface area contributed by atoms with E-state index in [-0.39, 0.29) is 21.7 Å². The van der Waals surface area contributed by atoms with E-state index in [4.69, 9.17) is 9.47 Å². The lowest BCUT2D eigenvalue weighted by atomic mass is 9.98. The third-order valence-corrected chi connectivity index (χ3v) is 7.28. The van der Waals surface area contributed by atoms with Gasteiger partial charge in [-0.25, -0.2) is 0 Å². The topological polar surface area (TPSA) is 18.5 Å². The monoisotopic (exact) mass is 338 g/mol. The number of hydrogen-bond donors (Lipinski definition) is 0. The molecular formula is C18H26O2S2. The minimum Gasteiger partial charge on any atom is -0.362 e. The second kappa shape index (κ2) is 6.39. The van der Waals surface area contributed by atoms with Gasteiger partial charge in [0.25, 0.3) is 0 Å². The lowest BCUT2D eigenvalue weighted by Crippen LogP contribution is -2.29. The number of thioether (sulfide) groups is 2. The molecule has 2 atom stereocenters. The maximum absolute atomic E-state index is 6.07. The molecule has 122 valence electrons. The minimum atomic E-state index is 0.165. The van der Waals surface area contributed by atoms with E-state index in [9.17, 15) is 0 Å². The van der Waals surface area contributed by atoms with E-state index < -0.39 is 0 Å². The van der Waals surface area contributed by atoms with E-state index in [0.29, 0.717) is 0 Å². The molecule has 2 aliphatic rings. The van der Waals surface area contributed by atoms with Gasteiger partial charge in [0, 0.05) is 11.5 Å². The predicted molar refractivity (Wildman–Crippen MR) is 96.3 cm³/mol. The highest BCUT2D eigenvalue weighted by atomic mass is 32.2. The Labute approximate surface area is 142 Å². The molecule has 22 heavy (non-hydrogen) atoms. The van der Waals surface area contributed by atoms with Crippen LogP contribution in [0.2, 0.25) is 0 Å². The number of rotatable bonds is 2. The molecule has 0 amide bonds. The maximum Gasteiger partial charge on any atom is 0.128 e. The molecule has 2 saturated heterocycles. The summed E-state index contributed by atoms with van der Waals surface area (Å²) in [6, 6.07) is 8.76. The number of ether oxygens (including phenoxy) is 2. The molecule has 1 aromatic rings. The van der Waals surface area contributed by atoms with Crippen molar-refractivity contribution in [3.05, 3.63) is 35.4 Å². The summed E-state index contributed by atoms with van der Waals surface area (Å²) in [7, 11) is 0. The van der Waals surface area contributed by atoms with Crippen LogP contribution in [0.25, 0.3) is 0 Å². The summed E-state index contributed by atoms with van der Waals surface area (Å²) in [4.78, 5) is 0. The van der Waals surface area contributed by atoms with Gasteiger partial charge in [-0.05, 0) is 28.0 Å². The van der Waals surface area contributed by atoms with Gasteiger partial charge in [0.15, 0.2) is 0 Å². The molecule has 0 spiro atoms. The largest absolute Gasteiger partial charge is 0.362 e. The van der Waals surface area contributed by atoms with E-state index >= 15 is 0 Å². The van der Waals surface area contributed by atoms with Crippen molar-refractivity contribution in [2.45, 2.75) is 38.6 Å². The Hall–Kier alpha value is -0.160. The second-order valence-corrected chi connectivity index (χ2v) is 10.0. The zero-order valence-corrected chi connectivity index (χ0v) is 15.6. The molecular weight excluding hydrogens is 312 g/mol. The average Bonchev–Trinajstić information content (AvgIpc) is 2.47. The van der Waals surface area contributed by atoms with Gasteiger partial charge in [-0.15, -0.1) is 23.5 Å². The SMILES string of the molecule is CC1(C)COC(c2cccc(C3OCC(C)(C)CS3)c2)SC1. The first kappa shape index (κ1) is 16.7. The summed E-state index contributed by atoms with van der Waals surface area (Å²) in [5.74, 6) is 2.29. The molecule has 2 heterocycles. The minimum absolute atomic E-state index is 0.165. The molecule has 0 saturated carbocycles. The molecule has 3 rings (SSSR count). The Kier molecular flexibility index (Phi) is 4.84. The molecule has 0 aromatic heterocycles. The molecule has 4 heteroatoms. The van der Waals surface area contributed by atoms with Crippen LogP contribution in [0.15, 0.2) is 24.3 Å². The Morgan fingerprint density at radius 3 is 1.68 bits per heavy atom. The first-order valence-electron chi connectivity index (χ1n) is 7.91. The van der Waals surface area contributed by atoms with E-state index in [1.54, 1.807) is 0 Å². The van der Waals surface area contributed by atoms with Crippen LogP contribution < -0.4 is 0 Å². The standard InChI is InChI=1S/C18H26O2S2/c1-17(2)9-19-15(21-11-17)13-6-5-7-14(8-13)16-20-10-18(3,4)12-22-16/h5-8,15-16H,9-12H2,1-4H3. The lowest BCUT2D eigenvalue weighted by Gasteiger charge is -2.35. The van der Waals surface area contributed by atoms with Gasteiger partial charge in [-0.1, -0.05) is 45.9 Å². The van der Waals surface area contributed by atoms with Crippen LogP contribution in [0.4, 0.5) is 0 Å². The van der Waals surface area contributed by atoms with Crippen molar-refractivity contribution in [2.24, 2.45) is 10.8 Å². The number of benzene rings is 1. The van der Waals surface area contributed by atoms with Crippen molar-refractivity contribution < 1.29 is 9.47 Å². The average molecular weight is 339 g/mol. The smallest absolute Gasteiger partial charge is 0.128 e. The van der Waals surface area contributed by atoms with Crippen LogP contribution >= 0.6 is 23.5 Å². The van der Waals surface area contributed by atoms with Crippen LogP contribution in [0.3, 0.4) is 0 Å². The van der Waals surface area contributed by atoms with Gasteiger partial charge in [-0.2, -0.15) is 0 Å². The summed E-state index contributed by atoms with van der Waals surface area (Å²) >= 11 is 3.82. The van der Waals surface area contributed by atoms with Crippen LogP contribution in [0.5, 0.6) is 0 Å². The molecule has 0 radical (unpaired) electrons. The van der Waals surface area contributed by atoms with E-state index in [0.717, 1.165) is 24.7 Å². The lowest BCUT2D eigenvalue weighted by molar-refractivity contribution is 0.0411. The van der Waals surface area contributed by atoms with Gasteiger partial charge in [0.05, 0.1) is 13.2 Å². The number of hydrogen-bond acceptors (Lipinski definition) is 4. The maximum atomic E-state index is 6.07. The highest BCUT2D eigenvalue weighted by Gasteiger charge is 2.31. The van der Waals surface area contributed by atoms with E-state index in [2.05, 4.69) is 52.0 Å². The van der Waals surface area contributed by atoms with E-state index in [1.165, 1.54) is 11.1 Å². The van der Waals surface area contributed by atoms with Crippen LogP contribution in [0, 0.1) is 10.8 Å². The third kappa shape index (κ3) is 4.02. The van der Waals surface area contributed by atoms with Crippen LogP contribution in [-0.4, -0.2) is 24.7 Å². The van der Waals surface area contributed by atoms with Crippen molar-refractivity contribution in [3.63, 3.8) is 0 Å². The second-order valence-electron chi connectivity index (χ2n) is 7.91. The van der Waals surface area contributed by atoms with Gasteiger partial charge in [0.1, 0.15) is 10.9 Å². The molecule has 0 bridgehead atoms. The molecule has 2 fully saturated rings. The summed E-state index contributed by atoms with van der Waals surface area (Å²) in [5, 5.41) is 0. The Balaban J connectivity index is 1.68. The van der Waals surface area contributed by atoms with Crippen molar-refractivity contribution in [2.75, 3.05) is 24.7 Å². The normalized spacial score (nSPS) is 30.9. The van der Waals surface area contributed by atoms with Crippen LogP contribution in [-0.2, 0) is 9.47 Å². The molecule has 0 N–H and O–H groups in total. The Morgan fingerprint density at radius 1 is 0.864 bits per heavy atom. The van der Waals surface area contributed by atoms with Gasteiger partial charge in [0.2, 0.25) is 0 Å². The highest BCUT2D eigenvalue weighted by molar-refractivity contribution is 7.99. The quantitative estimate of drug-likeness (QED) is 0.731. The van der Waals surface area contributed by atoms with Gasteiger partial charge in [-0.3, -0.25) is 0 Å². The fourth-order valence-corrected chi connectivity index (χ4v) is 5.00. The summed E-state index contributed by atoms with van der Waals surface area (Å²) in [6.45, 7) is 10.7. The summed E-state index contributed by atoms with van der Waals surface area (Å²) in [5.41, 5.74) is 3.44. The molecule has 1 aromatic carbocycles. The van der Waals surface area contributed by atoms with Crippen molar-refractivity contribution >= 4 is 23.5 Å². The fourth-order valence-electron chi connectivity index (χ4n) is 2.62. The highest BCUT2D eigenvalue weighted by Crippen LogP contribution is 2.44. The van der Waals surface area contributed by atoms with Crippen molar-refractivity contribution in [3.8, 4) is 0 Å². The van der Waals surface area contributed by atoms with Gasteiger partial charge >= 0.3 is 0 Å². The zero-order chi connectivity index (χ0) is 15.8. The molecule has 2 aliphatic heterocycles. The van der Waals surface area contributed by atoms with Crippen molar-refractivity contribution in [1.82, 2.24) is 0 Å². The molecule has 2 nitrogen and oxygen atoms in total. The Morgan fingerprint density at radius 2 is 1.32 bits per heavy atom. The summed E-state index contributed by atoms with van der Waals surface area (Å²) in [6.07, 6.45) is 0. The zero-order valence-electron chi connectivity index (χ0n) is 13.9. The predicted octanol–water partition coefficient (Wildman–Crippen LogP) is 5.26. The third-order valence-electron chi connectivity index (χ3n) is 3.96. The van der Waals surface area contributed by atoms with Crippen molar-refractivity contribution in [1.29, 1.82) is 0 Å². The Bertz CT molecular complexity index is 464. The molecule has 0 aliphatic carbocycles. The van der Waals surface area contributed by atoms with Crippen LogP contribution in [0.1, 0.15) is 49.7 Å².